The average Bonchev–Trinajstić information content (AvgIpc) is 3.36. The summed E-state index contributed by atoms with van der Waals surface area (Å²) in [5.41, 5.74) is 0. The van der Waals surface area contributed by atoms with Crippen LogP contribution in [-0.4, -0.2) is 38.5 Å². The van der Waals surface area contributed by atoms with Crippen molar-refractivity contribution in [2.24, 2.45) is 0 Å². The van der Waals surface area contributed by atoms with Gasteiger partial charge in [-0.2, -0.15) is 0 Å². The SMILES string of the molecule is C=CCn1c(SCC(=O)NC(=O)NC2CCCCC2)nnc1C1CC1. The summed E-state index contributed by atoms with van der Waals surface area (Å²) < 4.78 is 2.00. The maximum absolute atomic E-state index is 12.0. The topological polar surface area (TPSA) is 88.9 Å². The summed E-state index contributed by atoms with van der Waals surface area (Å²) in [7, 11) is 0. The summed E-state index contributed by atoms with van der Waals surface area (Å²) in [5.74, 6) is 1.27. The number of thioether (sulfide) groups is 1. The molecule has 1 heterocycles. The van der Waals surface area contributed by atoms with E-state index in [2.05, 4.69) is 27.4 Å². The minimum Gasteiger partial charge on any atom is -0.335 e. The van der Waals surface area contributed by atoms with Crippen molar-refractivity contribution in [1.29, 1.82) is 0 Å². The van der Waals surface area contributed by atoms with E-state index < -0.39 is 6.03 Å². The van der Waals surface area contributed by atoms with E-state index in [9.17, 15) is 9.59 Å². The van der Waals surface area contributed by atoms with Crippen LogP contribution in [0.15, 0.2) is 17.8 Å². The van der Waals surface area contributed by atoms with Gasteiger partial charge in [0.1, 0.15) is 5.82 Å². The van der Waals surface area contributed by atoms with Crippen LogP contribution in [0.4, 0.5) is 4.79 Å². The maximum atomic E-state index is 12.0. The first kappa shape index (κ1) is 18.0. The van der Waals surface area contributed by atoms with Crippen molar-refractivity contribution in [3.05, 3.63) is 18.5 Å². The Morgan fingerprint density at radius 2 is 1.96 bits per heavy atom. The molecule has 8 heteroatoms. The van der Waals surface area contributed by atoms with Gasteiger partial charge in [-0.25, -0.2) is 4.79 Å². The third-order valence-electron chi connectivity index (χ3n) is 4.53. The highest BCUT2D eigenvalue weighted by atomic mass is 32.2. The number of carbonyl (C=O) groups is 2. The Hall–Kier alpha value is -1.83. The predicted molar refractivity (Wildman–Crippen MR) is 96.5 cm³/mol. The van der Waals surface area contributed by atoms with E-state index in [1.165, 1.54) is 18.2 Å². The summed E-state index contributed by atoms with van der Waals surface area (Å²) in [6.45, 7) is 4.40. The van der Waals surface area contributed by atoms with E-state index in [0.29, 0.717) is 17.6 Å². The molecule has 1 aromatic heterocycles. The minimum atomic E-state index is -0.399. The zero-order valence-corrected chi connectivity index (χ0v) is 15.2. The van der Waals surface area contributed by atoms with Crippen molar-refractivity contribution in [1.82, 2.24) is 25.4 Å². The lowest BCUT2D eigenvalue weighted by atomic mass is 9.96. The predicted octanol–water partition coefficient (Wildman–Crippen LogP) is 2.59. The van der Waals surface area contributed by atoms with Crippen molar-refractivity contribution in [2.75, 3.05) is 5.75 Å². The molecule has 0 atom stereocenters. The fraction of sp³-hybridized carbons (Fsp3) is 0.647. The highest BCUT2D eigenvalue weighted by Crippen LogP contribution is 2.40. The molecule has 0 spiro atoms. The zero-order chi connectivity index (χ0) is 17.6. The molecule has 25 heavy (non-hydrogen) atoms. The number of imide groups is 1. The number of carbonyl (C=O) groups excluding carboxylic acids is 2. The van der Waals surface area contributed by atoms with Crippen molar-refractivity contribution >= 4 is 23.7 Å². The van der Waals surface area contributed by atoms with Gasteiger partial charge in [0.05, 0.1) is 5.75 Å². The van der Waals surface area contributed by atoms with Gasteiger partial charge < -0.3 is 9.88 Å². The highest BCUT2D eigenvalue weighted by molar-refractivity contribution is 7.99. The number of nitrogens with one attached hydrogen (secondary N) is 2. The van der Waals surface area contributed by atoms with Crippen LogP contribution in [0.3, 0.4) is 0 Å². The fourth-order valence-corrected chi connectivity index (χ4v) is 3.87. The van der Waals surface area contributed by atoms with Crippen LogP contribution in [-0.2, 0) is 11.3 Å². The number of allylic oxidation sites excluding steroid dienone is 1. The highest BCUT2D eigenvalue weighted by Gasteiger charge is 2.30. The van der Waals surface area contributed by atoms with Gasteiger partial charge in [0.2, 0.25) is 5.91 Å². The van der Waals surface area contributed by atoms with Crippen LogP contribution >= 0.6 is 11.8 Å². The number of hydrogen-bond donors (Lipinski definition) is 2. The summed E-state index contributed by atoms with van der Waals surface area (Å²) in [6.07, 6.45) is 9.56. The van der Waals surface area contributed by atoms with Gasteiger partial charge in [-0.05, 0) is 25.7 Å². The van der Waals surface area contributed by atoms with Crippen LogP contribution in [0.5, 0.6) is 0 Å². The van der Waals surface area contributed by atoms with E-state index in [-0.39, 0.29) is 17.7 Å². The molecule has 2 N–H and O–H groups in total. The quantitative estimate of drug-likeness (QED) is 0.574. The number of rotatable bonds is 7. The Labute approximate surface area is 152 Å². The third kappa shape index (κ3) is 5.07. The van der Waals surface area contributed by atoms with E-state index in [0.717, 1.165) is 44.3 Å². The van der Waals surface area contributed by atoms with Gasteiger partial charge in [0, 0.05) is 18.5 Å². The maximum Gasteiger partial charge on any atom is 0.321 e. The van der Waals surface area contributed by atoms with E-state index >= 15 is 0 Å². The minimum absolute atomic E-state index is 0.137. The number of hydrogen-bond acceptors (Lipinski definition) is 5. The summed E-state index contributed by atoms with van der Waals surface area (Å²) in [4.78, 5) is 23.9. The van der Waals surface area contributed by atoms with Gasteiger partial charge in [-0.1, -0.05) is 37.1 Å². The lowest BCUT2D eigenvalue weighted by molar-refractivity contribution is -0.117. The smallest absolute Gasteiger partial charge is 0.321 e. The Balaban J connectivity index is 1.47. The summed E-state index contributed by atoms with van der Waals surface area (Å²) in [6, 6.07) is -0.213. The molecular weight excluding hydrogens is 338 g/mol. The van der Waals surface area contributed by atoms with Gasteiger partial charge in [-0.15, -0.1) is 16.8 Å². The van der Waals surface area contributed by atoms with Crippen LogP contribution < -0.4 is 10.6 Å². The number of amides is 3. The molecular formula is C17H25N5O2S. The molecule has 3 amide bonds. The number of nitrogens with zero attached hydrogens (tertiary/aromatic N) is 3. The molecule has 3 rings (SSSR count). The molecule has 2 aliphatic carbocycles. The second-order valence-electron chi connectivity index (χ2n) is 6.66. The van der Waals surface area contributed by atoms with Crippen molar-refractivity contribution < 1.29 is 9.59 Å². The molecule has 1 aromatic rings. The van der Waals surface area contributed by atoms with Gasteiger partial charge in [0.25, 0.3) is 0 Å². The van der Waals surface area contributed by atoms with E-state index in [1.54, 1.807) is 6.08 Å². The van der Waals surface area contributed by atoms with Crippen molar-refractivity contribution in [2.45, 2.75) is 68.6 Å². The van der Waals surface area contributed by atoms with Crippen LogP contribution in [0.2, 0.25) is 0 Å². The first-order valence-electron chi connectivity index (χ1n) is 8.94. The van der Waals surface area contributed by atoms with Crippen LogP contribution in [0.25, 0.3) is 0 Å². The second-order valence-corrected chi connectivity index (χ2v) is 7.60. The number of aromatic nitrogens is 3. The Morgan fingerprint density at radius 3 is 2.64 bits per heavy atom. The molecule has 2 fully saturated rings. The molecule has 2 aliphatic rings. The van der Waals surface area contributed by atoms with E-state index in [1.807, 2.05) is 4.57 Å². The van der Waals surface area contributed by atoms with E-state index in [4.69, 9.17) is 0 Å². The molecule has 0 radical (unpaired) electrons. The Bertz CT molecular complexity index is 635. The molecule has 2 saturated carbocycles. The second kappa shape index (κ2) is 8.51. The van der Waals surface area contributed by atoms with Crippen LogP contribution in [0.1, 0.15) is 56.7 Å². The standard InChI is InChI=1S/C17H25N5O2S/c1-2-10-22-15(12-8-9-12)20-21-17(22)25-11-14(23)19-16(24)18-13-6-4-3-5-7-13/h2,12-13H,1,3-11H2,(H2,18,19,23,24). The Morgan fingerprint density at radius 1 is 1.20 bits per heavy atom. The van der Waals surface area contributed by atoms with Crippen molar-refractivity contribution in [3.8, 4) is 0 Å². The molecule has 7 nitrogen and oxygen atoms in total. The lowest BCUT2D eigenvalue weighted by Gasteiger charge is -2.22. The monoisotopic (exact) mass is 363 g/mol. The normalized spacial score (nSPS) is 17.9. The molecule has 0 unspecified atom stereocenters. The van der Waals surface area contributed by atoms with Gasteiger partial charge in [0.15, 0.2) is 5.16 Å². The molecule has 0 bridgehead atoms. The first-order chi connectivity index (χ1) is 12.2. The Kier molecular flexibility index (Phi) is 6.12. The lowest BCUT2D eigenvalue weighted by Crippen LogP contribution is -2.45. The fourth-order valence-electron chi connectivity index (χ4n) is 3.11. The summed E-state index contributed by atoms with van der Waals surface area (Å²) >= 11 is 1.30. The van der Waals surface area contributed by atoms with Gasteiger partial charge >= 0.3 is 6.03 Å². The molecule has 0 aliphatic heterocycles. The summed E-state index contributed by atoms with van der Waals surface area (Å²) in [5, 5.41) is 14.4. The molecule has 136 valence electrons. The molecule has 0 saturated heterocycles. The average molecular weight is 363 g/mol. The number of urea groups is 1. The molecule has 0 aromatic carbocycles. The third-order valence-corrected chi connectivity index (χ3v) is 5.49. The van der Waals surface area contributed by atoms with Crippen LogP contribution in [0, 0.1) is 0 Å². The van der Waals surface area contributed by atoms with Gasteiger partial charge in [-0.3, -0.25) is 10.1 Å². The largest absolute Gasteiger partial charge is 0.335 e. The van der Waals surface area contributed by atoms with Crippen molar-refractivity contribution in [3.63, 3.8) is 0 Å². The zero-order valence-electron chi connectivity index (χ0n) is 14.4. The first-order valence-corrected chi connectivity index (χ1v) is 9.93.